The number of carbonyl (C=O) groups excluding carboxylic acids is 3. The van der Waals surface area contributed by atoms with E-state index in [1.54, 1.807) is 23.6 Å². The Hall–Kier alpha value is -3.52. The van der Waals surface area contributed by atoms with E-state index in [0.29, 0.717) is 51.0 Å². The predicted octanol–water partition coefficient (Wildman–Crippen LogP) is 3.61. The van der Waals surface area contributed by atoms with E-state index in [-0.39, 0.29) is 23.8 Å². The molecule has 4 amide bonds. The number of imide groups is 1. The molecule has 2 fully saturated rings. The Bertz CT molecular complexity index is 1180. The molecule has 4 heterocycles. The SMILES string of the molecule is O=C(Cc1ccccc1)N1CCC(C2(c3ccccn3)NC(=O)N(CCc3cccs3)C2=O)CC1. The lowest BCUT2D eigenvalue weighted by Crippen LogP contribution is -2.54. The van der Waals surface area contributed by atoms with Gasteiger partial charge in [0, 0.05) is 36.6 Å². The van der Waals surface area contributed by atoms with Crippen molar-refractivity contribution in [1.29, 1.82) is 0 Å². The highest BCUT2D eigenvalue weighted by Crippen LogP contribution is 2.40. The molecule has 1 unspecified atom stereocenters. The molecule has 2 saturated heterocycles. The molecule has 8 heteroatoms. The molecule has 0 spiro atoms. The second kappa shape index (κ2) is 10.00. The first-order valence-electron chi connectivity index (χ1n) is 12.0. The molecule has 1 N–H and O–H groups in total. The monoisotopic (exact) mass is 488 g/mol. The number of piperidine rings is 1. The van der Waals surface area contributed by atoms with Crippen molar-refractivity contribution in [2.24, 2.45) is 5.92 Å². The average Bonchev–Trinajstić information content (AvgIpc) is 3.50. The van der Waals surface area contributed by atoms with E-state index in [1.165, 1.54) is 4.90 Å². The first-order valence-corrected chi connectivity index (χ1v) is 12.9. The Kier molecular flexibility index (Phi) is 6.63. The summed E-state index contributed by atoms with van der Waals surface area (Å²) in [6.07, 6.45) is 3.87. The van der Waals surface area contributed by atoms with Crippen LogP contribution in [0.3, 0.4) is 0 Å². The van der Waals surface area contributed by atoms with Crippen LogP contribution in [0.15, 0.2) is 72.2 Å². The quantitative estimate of drug-likeness (QED) is 0.515. The largest absolute Gasteiger partial charge is 0.342 e. The zero-order valence-corrected chi connectivity index (χ0v) is 20.2. The summed E-state index contributed by atoms with van der Waals surface area (Å²) in [7, 11) is 0. The van der Waals surface area contributed by atoms with Gasteiger partial charge >= 0.3 is 6.03 Å². The Morgan fingerprint density at radius 2 is 1.80 bits per heavy atom. The van der Waals surface area contributed by atoms with Crippen LogP contribution in [-0.4, -0.2) is 52.3 Å². The third kappa shape index (κ3) is 4.58. The summed E-state index contributed by atoms with van der Waals surface area (Å²) in [6, 6.07) is 18.8. The minimum atomic E-state index is -1.21. The normalized spacial score (nSPS) is 20.8. The summed E-state index contributed by atoms with van der Waals surface area (Å²) in [5.41, 5.74) is 0.345. The van der Waals surface area contributed by atoms with Crippen LogP contribution >= 0.6 is 11.3 Å². The van der Waals surface area contributed by atoms with E-state index in [2.05, 4.69) is 10.3 Å². The number of likely N-dealkylation sites (tertiary alicyclic amines) is 1. The number of nitrogens with one attached hydrogen (secondary N) is 1. The smallest absolute Gasteiger partial charge is 0.325 e. The topological polar surface area (TPSA) is 82.6 Å². The number of hydrogen-bond donors (Lipinski definition) is 1. The van der Waals surface area contributed by atoms with E-state index >= 15 is 0 Å². The van der Waals surface area contributed by atoms with E-state index < -0.39 is 5.54 Å². The molecule has 7 nitrogen and oxygen atoms in total. The van der Waals surface area contributed by atoms with E-state index in [9.17, 15) is 14.4 Å². The summed E-state index contributed by atoms with van der Waals surface area (Å²) in [5.74, 6) is -0.311. The first kappa shape index (κ1) is 23.2. The van der Waals surface area contributed by atoms with Gasteiger partial charge in [-0.05, 0) is 48.4 Å². The molecule has 35 heavy (non-hydrogen) atoms. The molecule has 0 saturated carbocycles. The Balaban J connectivity index is 1.33. The van der Waals surface area contributed by atoms with Gasteiger partial charge in [-0.1, -0.05) is 42.5 Å². The minimum Gasteiger partial charge on any atom is -0.342 e. The van der Waals surface area contributed by atoms with Crippen LogP contribution in [0.4, 0.5) is 4.79 Å². The maximum Gasteiger partial charge on any atom is 0.325 e. The summed E-state index contributed by atoms with van der Waals surface area (Å²) in [5, 5.41) is 5.03. The van der Waals surface area contributed by atoms with Crippen molar-refractivity contribution >= 4 is 29.2 Å². The van der Waals surface area contributed by atoms with Gasteiger partial charge in [0.1, 0.15) is 0 Å². The maximum atomic E-state index is 13.9. The van der Waals surface area contributed by atoms with Crippen molar-refractivity contribution in [2.75, 3.05) is 19.6 Å². The van der Waals surface area contributed by atoms with Crippen molar-refractivity contribution in [3.05, 3.63) is 88.4 Å². The number of nitrogens with zero attached hydrogens (tertiary/aromatic N) is 3. The summed E-state index contributed by atoms with van der Waals surface area (Å²) >= 11 is 1.62. The van der Waals surface area contributed by atoms with Gasteiger partial charge in [-0.25, -0.2) is 4.79 Å². The zero-order chi connectivity index (χ0) is 24.3. The summed E-state index contributed by atoms with van der Waals surface area (Å²) in [4.78, 5) is 48.7. The highest BCUT2D eigenvalue weighted by molar-refractivity contribution is 7.09. The van der Waals surface area contributed by atoms with Gasteiger partial charge < -0.3 is 10.2 Å². The van der Waals surface area contributed by atoms with Crippen molar-refractivity contribution in [3.8, 4) is 0 Å². The van der Waals surface area contributed by atoms with Crippen LogP contribution in [-0.2, 0) is 28.0 Å². The van der Waals surface area contributed by atoms with Gasteiger partial charge in [-0.3, -0.25) is 19.5 Å². The second-order valence-corrected chi connectivity index (χ2v) is 10.1. The summed E-state index contributed by atoms with van der Waals surface area (Å²) in [6.45, 7) is 1.42. The van der Waals surface area contributed by atoms with Crippen molar-refractivity contribution in [1.82, 2.24) is 20.1 Å². The molecule has 0 radical (unpaired) electrons. The average molecular weight is 489 g/mol. The first-order chi connectivity index (χ1) is 17.1. The minimum absolute atomic E-state index is 0.0842. The Labute approximate surface area is 208 Å². The van der Waals surface area contributed by atoms with Gasteiger partial charge in [0.2, 0.25) is 5.91 Å². The summed E-state index contributed by atoms with van der Waals surface area (Å²) < 4.78 is 0. The number of benzene rings is 1. The van der Waals surface area contributed by atoms with Crippen molar-refractivity contribution in [2.45, 2.75) is 31.2 Å². The number of rotatable bonds is 7. The lowest BCUT2D eigenvalue weighted by molar-refractivity contribution is -0.136. The fraction of sp³-hybridized carbons (Fsp3) is 0.333. The standard InChI is InChI=1S/C27H28N4O3S/c32-24(19-20-7-2-1-3-8-20)30-15-11-21(12-16-30)27(23-10-4-5-14-28-23)25(33)31(26(34)29-27)17-13-22-9-6-18-35-22/h1-10,14,18,21H,11-13,15-17,19H2,(H,29,34). The zero-order valence-electron chi connectivity index (χ0n) is 19.4. The van der Waals surface area contributed by atoms with Crippen LogP contribution in [0.25, 0.3) is 0 Å². The molecule has 1 atom stereocenters. The third-order valence-corrected chi connectivity index (χ3v) is 7.96. The van der Waals surface area contributed by atoms with Crippen molar-refractivity contribution < 1.29 is 14.4 Å². The maximum absolute atomic E-state index is 13.9. The molecule has 5 rings (SSSR count). The van der Waals surface area contributed by atoms with E-state index in [0.717, 1.165) is 10.4 Å². The molecule has 180 valence electrons. The number of hydrogen-bond acceptors (Lipinski definition) is 5. The van der Waals surface area contributed by atoms with Crippen LogP contribution in [0.1, 0.15) is 29.0 Å². The third-order valence-electron chi connectivity index (χ3n) is 7.02. The fourth-order valence-corrected chi connectivity index (χ4v) is 5.87. The Morgan fingerprint density at radius 3 is 2.49 bits per heavy atom. The number of amides is 4. The van der Waals surface area contributed by atoms with Gasteiger partial charge in [-0.15, -0.1) is 11.3 Å². The number of aromatic nitrogens is 1. The molecule has 0 bridgehead atoms. The lowest BCUT2D eigenvalue weighted by atomic mass is 9.75. The van der Waals surface area contributed by atoms with Crippen LogP contribution in [0, 0.1) is 5.92 Å². The van der Waals surface area contributed by atoms with E-state index in [1.807, 2.05) is 64.9 Å². The molecule has 0 aliphatic carbocycles. The number of pyridine rings is 1. The number of thiophene rings is 1. The number of urea groups is 1. The van der Waals surface area contributed by atoms with Crippen LogP contribution in [0.2, 0.25) is 0 Å². The second-order valence-electron chi connectivity index (χ2n) is 9.06. The molecule has 2 aromatic heterocycles. The van der Waals surface area contributed by atoms with Crippen molar-refractivity contribution in [3.63, 3.8) is 0 Å². The van der Waals surface area contributed by atoms with Crippen LogP contribution < -0.4 is 5.32 Å². The van der Waals surface area contributed by atoms with Gasteiger partial charge in [0.05, 0.1) is 12.1 Å². The van der Waals surface area contributed by atoms with E-state index in [4.69, 9.17) is 0 Å². The molecular weight excluding hydrogens is 460 g/mol. The highest BCUT2D eigenvalue weighted by Gasteiger charge is 2.58. The van der Waals surface area contributed by atoms with Crippen LogP contribution in [0.5, 0.6) is 0 Å². The van der Waals surface area contributed by atoms with Gasteiger partial charge in [0.25, 0.3) is 5.91 Å². The predicted molar refractivity (Wildman–Crippen MR) is 134 cm³/mol. The lowest BCUT2D eigenvalue weighted by Gasteiger charge is -2.40. The fourth-order valence-electron chi connectivity index (χ4n) is 5.17. The van der Waals surface area contributed by atoms with Gasteiger partial charge in [-0.2, -0.15) is 0 Å². The highest BCUT2D eigenvalue weighted by atomic mass is 32.1. The van der Waals surface area contributed by atoms with Gasteiger partial charge in [0.15, 0.2) is 5.54 Å². The number of carbonyl (C=O) groups is 3. The molecule has 2 aliphatic heterocycles. The molecule has 1 aromatic carbocycles. The molecule has 2 aliphatic rings. The molecular formula is C27H28N4O3S. The Morgan fingerprint density at radius 1 is 1.03 bits per heavy atom. The molecule has 3 aromatic rings.